The first-order chi connectivity index (χ1) is 14.4. The molecule has 0 aromatic heterocycles. The van der Waals surface area contributed by atoms with Gasteiger partial charge in [-0.3, -0.25) is 4.79 Å². The van der Waals surface area contributed by atoms with Gasteiger partial charge in [0.05, 0.1) is 31.1 Å². The number of hydrogen-bond donors (Lipinski definition) is 0. The average molecular weight is 445 g/mol. The summed E-state index contributed by atoms with van der Waals surface area (Å²) in [5.41, 5.74) is 1.96. The van der Waals surface area contributed by atoms with Crippen molar-refractivity contribution in [3.05, 3.63) is 65.7 Å². The van der Waals surface area contributed by atoms with E-state index in [2.05, 4.69) is 17.1 Å². The van der Waals surface area contributed by atoms with Crippen LogP contribution < -0.4 is 4.74 Å². The van der Waals surface area contributed by atoms with Crippen LogP contribution in [0.15, 0.2) is 59.6 Å². The highest BCUT2D eigenvalue weighted by Gasteiger charge is 2.48. The Morgan fingerprint density at radius 3 is 2.63 bits per heavy atom. The minimum atomic E-state index is -3.05. The lowest BCUT2D eigenvalue weighted by Crippen LogP contribution is -2.39. The van der Waals surface area contributed by atoms with Crippen molar-refractivity contribution in [3.63, 3.8) is 0 Å². The Morgan fingerprint density at radius 2 is 1.87 bits per heavy atom. The maximum atomic E-state index is 12.7. The molecule has 2 fully saturated rings. The first-order valence-corrected chi connectivity index (χ1v) is 12.6. The summed E-state index contributed by atoms with van der Waals surface area (Å²) in [7, 11) is -1.47. The third kappa shape index (κ3) is 4.70. The SMILES string of the molecule is COc1ccccc1CC(=O)N=C1SC2CS(=O)(=O)CC2N1CCc1ccccc1. The van der Waals surface area contributed by atoms with Gasteiger partial charge in [-0.25, -0.2) is 8.42 Å². The second-order valence-electron chi connectivity index (χ2n) is 7.51. The van der Waals surface area contributed by atoms with E-state index < -0.39 is 9.84 Å². The van der Waals surface area contributed by atoms with Gasteiger partial charge in [0, 0.05) is 17.4 Å². The van der Waals surface area contributed by atoms with Gasteiger partial charge in [-0.15, -0.1) is 0 Å². The summed E-state index contributed by atoms with van der Waals surface area (Å²) in [4.78, 5) is 19.1. The fourth-order valence-electron chi connectivity index (χ4n) is 3.95. The second kappa shape index (κ2) is 8.81. The van der Waals surface area contributed by atoms with Gasteiger partial charge in [0.2, 0.25) is 0 Å². The molecule has 0 radical (unpaired) electrons. The molecule has 30 heavy (non-hydrogen) atoms. The molecular formula is C22H24N2O4S2. The molecule has 2 heterocycles. The number of hydrogen-bond acceptors (Lipinski definition) is 5. The Kier molecular flexibility index (Phi) is 6.15. The highest BCUT2D eigenvalue weighted by molar-refractivity contribution is 8.15. The standard InChI is InChI=1S/C22H24N2O4S2/c1-28-19-10-6-5-9-17(19)13-21(25)23-22-24(12-11-16-7-3-2-4-8-16)18-14-30(26,27)15-20(18)29-22/h2-10,18,20H,11-15H2,1H3. The van der Waals surface area contributed by atoms with Crippen LogP contribution in [-0.2, 0) is 27.5 Å². The van der Waals surface area contributed by atoms with E-state index >= 15 is 0 Å². The number of sulfone groups is 1. The number of rotatable bonds is 6. The van der Waals surface area contributed by atoms with E-state index in [1.54, 1.807) is 7.11 Å². The Labute approximate surface area is 181 Å². The molecule has 4 rings (SSSR count). The van der Waals surface area contributed by atoms with Crippen LogP contribution in [0.1, 0.15) is 11.1 Å². The van der Waals surface area contributed by atoms with E-state index in [4.69, 9.17) is 4.74 Å². The summed E-state index contributed by atoms with van der Waals surface area (Å²) in [6, 6.07) is 17.3. The fraction of sp³-hybridized carbons (Fsp3) is 0.364. The van der Waals surface area contributed by atoms with Gasteiger partial charge in [0.1, 0.15) is 5.75 Å². The van der Waals surface area contributed by atoms with E-state index in [1.807, 2.05) is 47.4 Å². The number of methoxy groups -OCH3 is 1. The van der Waals surface area contributed by atoms with Crippen LogP contribution in [0.2, 0.25) is 0 Å². The largest absolute Gasteiger partial charge is 0.496 e. The molecule has 2 aromatic rings. The maximum absolute atomic E-state index is 12.7. The third-order valence-electron chi connectivity index (χ3n) is 5.41. The predicted octanol–water partition coefficient (Wildman–Crippen LogP) is 2.58. The zero-order valence-corrected chi connectivity index (χ0v) is 18.4. The summed E-state index contributed by atoms with van der Waals surface area (Å²) >= 11 is 1.42. The van der Waals surface area contributed by atoms with Crippen molar-refractivity contribution >= 4 is 32.7 Å². The number of nitrogens with zero attached hydrogens (tertiary/aromatic N) is 2. The monoisotopic (exact) mass is 444 g/mol. The summed E-state index contributed by atoms with van der Waals surface area (Å²) < 4.78 is 29.6. The number of thioether (sulfide) groups is 1. The fourth-order valence-corrected chi connectivity index (χ4v) is 7.94. The second-order valence-corrected chi connectivity index (χ2v) is 10.9. The van der Waals surface area contributed by atoms with Crippen molar-refractivity contribution in [3.8, 4) is 5.75 Å². The number of amides is 1. The zero-order valence-electron chi connectivity index (χ0n) is 16.7. The molecule has 0 bridgehead atoms. The topological polar surface area (TPSA) is 76.0 Å². The van der Waals surface area contributed by atoms with Gasteiger partial charge in [0.15, 0.2) is 15.0 Å². The lowest BCUT2D eigenvalue weighted by Gasteiger charge is -2.24. The Morgan fingerprint density at radius 1 is 1.13 bits per heavy atom. The van der Waals surface area contributed by atoms with E-state index in [1.165, 1.54) is 17.3 Å². The van der Waals surface area contributed by atoms with Gasteiger partial charge < -0.3 is 9.64 Å². The van der Waals surface area contributed by atoms with Crippen molar-refractivity contribution < 1.29 is 17.9 Å². The van der Waals surface area contributed by atoms with Crippen molar-refractivity contribution in [1.82, 2.24) is 4.90 Å². The normalized spacial score (nSPS) is 23.5. The van der Waals surface area contributed by atoms with Gasteiger partial charge in [-0.1, -0.05) is 60.3 Å². The lowest BCUT2D eigenvalue weighted by molar-refractivity contribution is -0.117. The number of amidine groups is 1. The molecule has 0 N–H and O–H groups in total. The zero-order chi connectivity index (χ0) is 21.1. The Balaban J connectivity index is 1.53. The third-order valence-corrected chi connectivity index (χ3v) is 8.66. The smallest absolute Gasteiger partial charge is 0.252 e. The number of carbonyl (C=O) groups is 1. The molecule has 2 aliphatic rings. The maximum Gasteiger partial charge on any atom is 0.252 e. The van der Waals surface area contributed by atoms with Crippen LogP contribution in [0.4, 0.5) is 0 Å². The summed E-state index contributed by atoms with van der Waals surface area (Å²) in [5.74, 6) is 0.673. The molecule has 6 nitrogen and oxygen atoms in total. The molecule has 2 unspecified atom stereocenters. The molecule has 1 amide bonds. The quantitative estimate of drug-likeness (QED) is 0.682. The van der Waals surface area contributed by atoms with Crippen molar-refractivity contribution in [2.75, 3.05) is 25.2 Å². The lowest BCUT2D eigenvalue weighted by atomic mass is 10.1. The molecule has 2 aliphatic heterocycles. The highest BCUT2D eigenvalue weighted by Crippen LogP contribution is 2.38. The summed E-state index contributed by atoms with van der Waals surface area (Å²) in [5, 5.41) is 0.569. The molecule has 8 heteroatoms. The van der Waals surface area contributed by atoms with Crippen molar-refractivity contribution in [1.29, 1.82) is 0 Å². The van der Waals surface area contributed by atoms with E-state index in [-0.39, 0.29) is 35.1 Å². The predicted molar refractivity (Wildman–Crippen MR) is 120 cm³/mol. The van der Waals surface area contributed by atoms with E-state index in [0.717, 1.165) is 12.0 Å². The first-order valence-electron chi connectivity index (χ1n) is 9.86. The van der Waals surface area contributed by atoms with Crippen LogP contribution in [0.5, 0.6) is 5.75 Å². The number of carbonyl (C=O) groups excluding carboxylic acids is 1. The van der Waals surface area contributed by atoms with Crippen LogP contribution in [0.3, 0.4) is 0 Å². The van der Waals surface area contributed by atoms with Gasteiger partial charge in [-0.05, 0) is 18.1 Å². The van der Waals surface area contributed by atoms with Gasteiger partial charge >= 0.3 is 0 Å². The molecule has 158 valence electrons. The minimum Gasteiger partial charge on any atom is -0.496 e. The molecular weight excluding hydrogens is 420 g/mol. The molecule has 2 aromatic carbocycles. The Hall–Kier alpha value is -2.32. The molecule has 2 atom stereocenters. The molecule has 0 saturated carbocycles. The average Bonchev–Trinajstić information content (AvgIpc) is 3.18. The van der Waals surface area contributed by atoms with Crippen LogP contribution in [0.25, 0.3) is 0 Å². The minimum absolute atomic E-state index is 0.0661. The van der Waals surface area contributed by atoms with Crippen LogP contribution in [0, 0.1) is 0 Å². The van der Waals surface area contributed by atoms with Gasteiger partial charge in [0.25, 0.3) is 5.91 Å². The van der Waals surface area contributed by atoms with Crippen LogP contribution in [-0.4, -0.2) is 60.8 Å². The molecule has 0 aliphatic carbocycles. The van der Waals surface area contributed by atoms with Crippen LogP contribution >= 0.6 is 11.8 Å². The first kappa shape index (κ1) is 20.9. The van der Waals surface area contributed by atoms with Crippen molar-refractivity contribution in [2.24, 2.45) is 4.99 Å². The molecule has 0 spiro atoms. The van der Waals surface area contributed by atoms with E-state index in [9.17, 15) is 13.2 Å². The summed E-state index contributed by atoms with van der Waals surface area (Å²) in [6.45, 7) is 0.633. The number of para-hydroxylation sites is 1. The highest BCUT2D eigenvalue weighted by atomic mass is 32.2. The van der Waals surface area contributed by atoms with E-state index in [0.29, 0.717) is 17.5 Å². The van der Waals surface area contributed by atoms with Gasteiger partial charge in [-0.2, -0.15) is 4.99 Å². The number of ether oxygens (including phenoxy) is 1. The number of fused-ring (bicyclic) bond motifs is 1. The number of aliphatic imine (C=N–C) groups is 1. The Bertz CT molecular complexity index is 1050. The summed E-state index contributed by atoms with van der Waals surface area (Å²) in [6.07, 6.45) is 0.915. The molecule has 2 saturated heterocycles. The number of benzene rings is 2. The van der Waals surface area contributed by atoms with Crippen molar-refractivity contribution in [2.45, 2.75) is 24.1 Å².